The maximum absolute atomic E-state index is 4.57. The van der Waals surface area contributed by atoms with Crippen molar-refractivity contribution in [3.63, 3.8) is 0 Å². The molecule has 0 atom stereocenters. The molecule has 0 radical (unpaired) electrons. The average Bonchev–Trinajstić information content (AvgIpc) is 3.13. The van der Waals surface area contributed by atoms with Crippen molar-refractivity contribution in [1.82, 2.24) is 25.2 Å². The summed E-state index contributed by atoms with van der Waals surface area (Å²) in [5, 5.41) is 18.8. The number of nitrogens with zero attached hydrogens (tertiary/aromatic N) is 5. The van der Waals surface area contributed by atoms with E-state index in [-0.39, 0.29) is 0 Å². The predicted octanol–water partition coefficient (Wildman–Crippen LogP) is 3.31. The van der Waals surface area contributed by atoms with Crippen molar-refractivity contribution in [3.05, 3.63) is 40.3 Å². The monoisotopic (exact) mass is 326 g/mol. The van der Waals surface area contributed by atoms with Crippen LogP contribution in [0.15, 0.2) is 29.6 Å². The van der Waals surface area contributed by atoms with Crippen LogP contribution in [0.2, 0.25) is 0 Å². The number of benzene rings is 1. The van der Waals surface area contributed by atoms with Gasteiger partial charge in [0.15, 0.2) is 5.82 Å². The molecule has 4 rings (SSSR count). The van der Waals surface area contributed by atoms with Crippen LogP contribution in [-0.4, -0.2) is 25.2 Å². The van der Waals surface area contributed by atoms with Gasteiger partial charge in [0.1, 0.15) is 0 Å². The van der Waals surface area contributed by atoms with Crippen LogP contribution in [0, 0.1) is 0 Å². The van der Waals surface area contributed by atoms with E-state index in [1.807, 2.05) is 4.68 Å². The van der Waals surface area contributed by atoms with Crippen LogP contribution < -0.4 is 5.32 Å². The molecule has 1 fully saturated rings. The van der Waals surface area contributed by atoms with E-state index in [9.17, 15) is 0 Å². The molecule has 1 saturated carbocycles. The molecule has 7 heteroatoms. The summed E-state index contributed by atoms with van der Waals surface area (Å²) in [6, 6.07) is 8.73. The van der Waals surface area contributed by atoms with Crippen LogP contribution in [0.3, 0.4) is 0 Å². The number of hydrogen-bond donors (Lipinski definition) is 1. The summed E-state index contributed by atoms with van der Waals surface area (Å²) >= 11 is 1.72. The molecule has 6 nitrogen and oxygen atoms in total. The van der Waals surface area contributed by atoms with Gasteiger partial charge in [0, 0.05) is 16.6 Å². The first-order valence-electron chi connectivity index (χ1n) is 7.89. The van der Waals surface area contributed by atoms with Gasteiger partial charge < -0.3 is 5.32 Å². The standard InChI is InChI=1S/C16H18N6S/c1-2-15-18-13(10-23-15)9-17-12-5-3-11(4-6-12)16-19-20-21-22(16)14-7-8-14/h3-6,10,14,17H,2,7-9H2,1H3. The molecule has 0 bridgehead atoms. The lowest BCUT2D eigenvalue weighted by Gasteiger charge is -2.06. The summed E-state index contributed by atoms with van der Waals surface area (Å²) in [5.41, 5.74) is 3.22. The molecule has 0 unspecified atom stereocenters. The second kappa shape index (κ2) is 6.08. The molecule has 1 aromatic carbocycles. The normalized spacial score (nSPS) is 14.1. The first kappa shape index (κ1) is 14.3. The van der Waals surface area contributed by atoms with Crippen molar-refractivity contribution in [1.29, 1.82) is 0 Å². The quantitative estimate of drug-likeness (QED) is 0.752. The number of aryl methyl sites for hydroxylation is 1. The van der Waals surface area contributed by atoms with E-state index in [1.165, 1.54) is 17.8 Å². The number of aromatic nitrogens is 5. The van der Waals surface area contributed by atoms with Gasteiger partial charge in [-0.25, -0.2) is 9.67 Å². The number of thiazole rings is 1. The Balaban J connectivity index is 1.44. The Kier molecular flexibility index (Phi) is 3.78. The number of nitrogens with one attached hydrogen (secondary N) is 1. The molecule has 3 aromatic rings. The van der Waals surface area contributed by atoms with Gasteiger partial charge in [0.05, 0.1) is 23.3 Å². The highest BCUT2D eigenvalue weighted by Gasteiger charge is 2.28. The van der Waals surface area contributed by atoms with Crippen molar-refractivity contribution in [2.75, 3.05) is 5.32 Å². The lowest BCUT2D eigenvalue weighted by molar-refractivity contribution is 0.615. The van der Waals surface area contributed by atoms with Crippen molar-refractivity contribution < 1.29 is 0 Å². The van der Waals surface area contributed by atoms with Crippen molar-refractivity contribution in [2.24, 2.45) is 0 Å². The molecule has 1 N–H and O–H groups in total. The molecule has 23 heavy (non-hydrogen) atoms. The van der Waals surface area contributed by atoms with Crippen LogP contribution in [0.25, 0.3) is 11.4 Å². The molecule has 2 aromatic heterocycles. The Morgan fingerprint density at radius 1 is 1.26 bits per heavy atom. The van der Waals surface area contributed by atoms with Crippen molar-refractivity contribution in [2.45, 2.75) is 38.8 Å². The highest BCUT2D eigenvalue weighted by atomic mass is 32.1. The van der Waals surface area contributed by atoms with Crippen LogP contribution in [0.5, 0.6) is 0 Å². The minimum Gasteiger partial charge on any atom is -0.379 e. The summed E-state index contributed by atoms with van der Waals surface area (Å²) in [6.07, 6.45) is 3.34. The zero-order chi connectivity index (χ0) is 15.6. The number of anilines is 1. The fourth-order valence-electron chi connectivity index (χ4n) is 2.47. The Labute approximate surface area is 138 Å². The Morgan fingerprint density at radius 3 is 2.78 bits per heavy atom. The SMILES string of the molecule is CCc1nc(CNc2ccc(-c3nnnn3C3CC3)cc2)cs1. The van der Waals surface area contributed by atoms with E-state index in [0.29, 0.717) is 6.04 Å². The molecular weight excluding hydrogens is 308 g/mol. The van der Waals surface area contributed by atoms with Crippen LogP contribution in [-0.2, 0) is 13.0 Å². The summed E-state index contributed by atoms with van der Waals surface area (Å²) in [6.45, 7) is 2.87. The molecule has 1 aliphatic carbocycles. The molecular formula is C16H18N6S. The second-order valence-electron chi connectivity index (χ2n) is 5.70. The van der Waals surface area contributed by atoms with E-state index in [4.69, 9.17) is 0 Å². The van der Waals surface area contributed by atoms with E-state index < -0.39 is 0 Å². The van der Waals surface area contributed by atoms with Gasteiger partial charge in [-0.3, -0.25) is 0 Å². The third kappa shape index (κ3) is 3.10. The van der Waals surface area contributed by atoms with Gasteiger partial charge in [-0.05, 0) is 54.0 Å². The maximum Gasteiger partial charge on any atom is 0.182 e. The fourth-order valence-corrected chi connectivity index (χ4v) is 3.22. The van der Waals surface area contributed by atoms with Crippen molar-refractivity contribution >= 4 is 17.0 Å². The first-order chi connectivity index (χ1) is 11.3. The zero-order valence-electron chi connectivity index (χ0n) is 12.9. The molecule has 0 spiro atoms. The van der Waals surface area contributed by atoms with Gasteiger partial charge in [-0.15, -0.1) is 16.4 Å². The van der Waals surface area contributed by atoms with Gasteiger partial charge in [-0.1, -0.05) is 6.92 Å². The van der Waals surface area contributed by atoms with E-state index in [2.05, 4.69) is 62.4 Å². The predicted molar refractivity (Wildman–Crippen MR) is 90.3 cm³/mol. The van der Waals surface area contributed by atoms with Gasteiger partial charge in [0.2, 0.25) is 0 Å². The largest absolute Gasteiger partial charge is 0.379 e. The summed E-state index contributed by atoms with van der Waals surface area (Å²) < 4.78 is 1.93. The Bertz CT molecular complexity index is 787. The lowest BCUT2D eigenvalue weighted by Crippen LogP contribution is -2.01. The number of rotatable bonds is 6. The van der Waals surface area contributed by atoms with Gasteiger partial charge in [0.25, 0.3) is 0 Å². The third-order valence-electron chi connectivity index (χ3n) is 3.90. The van der Waals surface area contributed by atoms with E-state index in [1.54, 1.807) is 11.3 Å². The molecule has 0 aliphatic heterocycles. The number of hydrogen-bond acceptors (Lipinski definition) is 6. The Morgan fingerprint density at radius 2 is 2.09 bits per heavy atom. The molecule has 1 aliphatic rings. The van der Waals surface area contributed by atoms with Crippen LogP contribution in [0.1, 0.15) is 36.5 Å². The molecule has 0 saturated heterocycles. The maximum atomic E-state index is 4.57. The highest BCUT2D eigenvalue weighted by molar-refractivity contribution is 7.09. The lowest BCUT2D eigenvalue weighted by atomic mass is 10.2. The molecule has 0 amide bonds. The van der Waals surface area contributed by atoms with Crippen molar-refractivity contribution in [3.8, 4) is 11.4 Å². The molecule has 2 heterocycles. The highest BCUT2D eigenvalue weighted by Crippen LogP contribution is 2.36. The second-order valence-corrected chi connectivity index (χ2v) is 6.64. The summed E-state index contributed by atoms with van der Waals surface area (Å²) in [4.78, 5) is 4.57. The fraction of sp³-hybridized carbons (Fsp3) is 0.375. The summed E-state index contributed by atoms with van der Waals surface area (Å²) in [5.74, 6) is 0.853. The smallest absolute Gasteiger partial charge is 0.182 e. The number of tetrazole rings is 1. The van der Waals surface area contributed by atoms with E-state index in [0.717, 1.165) is 35.7 Å². The Hall–Kier alpha value is -2.28. The zero-order valence-corrected chi connectivity index (χ0v) is 13.8. The minimum absolute atomic E-state index is 0.482. The molecule has 118 valence electrons. The third-order valence-corrected chi connectivity index (χ3v) is 4.95. The minimum atomic E-state index is 0.482. The average molecular weight is 326 g/mol. The van der Waals surface area contributed by atoms with E-state index >= 15 is 0 Å². The first-order valence-corrected chi connectivity index (χ1v) is 8.77. The van der Waals surface area contributed by atoms with Crippen LogP contribution in [0.4, 0.5) is 5.69 Å². The van der Waals surface area contributed by atoms with Gasteiger partial charge >= 0.3 is 0 Å². The summed E-state index contributed by atoms with van der Waals surface area (Å²) in [7, 11) is 0. The van der Waals surface area contributed by atoms with Crippen LogP contribution >= 0.6 is 11.3 Å². The topological polar surface area (TPSA) is 68.5 Å². The van der Waals surface area contributed by atoms with Gasteiger partial charge in [-0.2, -0.15) is 0 Å².